The zero-order chi connectivity index (χ0) is 22.0. The average Bonchev–Trinajstić information content (AvgIpc) is 3.19. The fourth-order valence-electron chi connectivity index (χ4n) is 4.23. The zero-order valence-electron chi connectivity index (χ0n) is 18.7. The van der Waals surface area contributed by atoms with Crippen molar-refractivity contribution in [3.05, 3.63) is 65.4 Å². The number of amides is 1. The highest BCUT2D eigenvalue weighted by Crippen LogP contribution is 2.27. The standard InChI is InChI=1S/C24H30N6O/c1-16-7-9-21(30-15-27-19(4)28-30)20(12-16)24(31)29-11-5-6-18(3)22(29)14-26-23-10-8-17(2)13-25-23/h7-10,12-13,15,18,22H,5-6,11,14H2,1-4H3,(H,25,26)/t18-,22-/m1/s1. The molecule has 1 aromatic carbocycles. The molecule has 1 aliphatic rings. The zero-order valence-corrected chi connectivity index (χ0v) is 18.7. The lowest BCUT2D eigenvalue weighted by molar-refractivity contribution is 0.0540. The maximum Gasteiger partial charge on any atom is 0.256 e. The van der Waals surface area contributed by atoms with Crippen molar-refractivity contribution in [1.82, 2.24) is 24.6 Å². The molecule has 0 radical (unpaired) electrons. The molecule has 7 nitrogen and oxygen atoms in total. The van der Waals surface area contributed by atoms with Gasteiger partial charge in [-0.2, -0.15) is 5.10 Å². The van der Waals surface area contributed by atoms with Gasteiger partial charge in [0.2, 0.25) is 0 Å². The molecule has 31 heavy (non-hydrogen) atoms. The number of nitrogens with zero attached hydrogens (tertiary/aromatic N) is 5. The first-order valence-corrected chi connectivity index (χ1v) is 10.9. The van der Waals surface area contributed by atoms with E-state index in [2.05, 4.69) is 27.3 Å². The second-order valence-electron chi connectivity index (χ2n) is 8.54. The van der Waals surface area contributed by atoms with Crippen LogP contribution in [-0.4, -0.2) is 49.7 Å². The first-order chi connectivity index (χ1) is 14.9. The summed E-state index contributed by atoms with van der Waals surface area (Å²) in [5.74, 6) is 1.96. The quantitative estimate of drug-likeness (QED) is 0.679. The van der Waals surface area contributed by atoms with Gasteiger partial charge < -0.3 is 10.2 Å². The minimum atomic E-state index is 0.0436. The van der Waals surface area contributed by atoms with Crippen LogP contribution >= 0.6 is 0 Å². The van der Waals surface area contributed by atoms with Crippen molar-refractivity contribution < 1.29 is 4.79 Å². The van der Waals surface area contributed by atoms with Crippen molar-refractivity contribution in [2.45, 2.75) is 46.6 Å². The summed E-state index contributed by atoms with van der Waals surface area (Å²) in [4.78, 5) is 24.5. The molecule has 162 valence electrons. The Morgan fingerprint density at radius 1 is 1.13 bits per heavy atom. The van der Waals surface area contributed by atoms with Crippen LogP contribution in [-0.2, 0) is 0 Å². The molecule has 0 spiro atoms. The van der Waals surface area contributed by atoms with Crippen LogP contribution in [0.1, 0.15) is 47.1 Å². The fourth-order valence-corrected chi connectivity index (χ4v) is 4.23. The summed E-state index contributed by atoms with van der Waals surface area (Å²) < 4.78 is 1.69. The Morgan fingerprint density at radius 3 is 2.65 bits per heavy atom. The maximum atomic E-state index is 13.8. The van der Waals surface area contributed by atoms with Crippen molar-refractivity contribution in [3.63, 3.8) is 0 Å². The van der Waals surface area contributed by atoms with Gasteiger partial charge in [0.05, 0.1) is 17.3 Å². The van der Waals surface area contributed by atoms with Gasteiger partial charge in [0.25, 0.3) is 5.91 Å². The molecule has 0 unspecified atom stereocenters. The number of anilines is 1. The summed E-state index contributed by atoms with van der Waals surface area (Å²) in [7, 11) is 0. The Balaban J connectivity index is 1.61. The molecule has 1 N–H and O–H groups in total. The highest BCUT2D eigenvalue weighted by molar-refractivity contribution is 5.98. The molecule has 4 rings (SSSR count). The van der Waals surface area contributed by atoms with Crippen molar-refractivity contribution in [2.75, 3.05) is 18.4 Å². The van der Waals surface area contributed by atoms with Crippen molar-refractivity contribution in [2.24, 2.45) is 5.92 Å². The first-order valence-electron chi connectivity index (χ1n) is 10.9. The normalized spacial score (nSPS) is 18.8. The molecule has 1 fully saturated rings. The van der Waals surface area contributed by atoms with Crippen LogP contribution < -0.4 is 5.32 Å². The minimum absolute atomic E-state index is 0.0436. The molecule has 3 aromatic rings. The van der Waals surface area contributed by atoms with Crippen molar-refractivity contribution in [3.8, 4) is 5.69 Å². The third kappa shape index (κ3) is 4.60. The molecule has 7 heteroatoms. The molecule has 0 saturated carbocycles. The Hall–Kier alpha value is -3.22. The van der Waals surface area contributed by atoms with Crippen molar-refractivity contribution >= 4 is 11.7 Å². The van der Waals surface area contributed by atoms with E-state index in [1.165, 1.54) is 0 Å². The number of likely N-dealkylation sites (tertiary alicyclic amines) is 1. The topological polar surface area (TPSA) is 75.9 Å². The van der Waals surface area contributed by atoms with E-state index in [1.54, 1.807) is 11.0 Å². The molecule has 2 atom stereocenters. The predicted octanol–water partition coefficient (Wildman–Crippen LogP) is 3.94. The highest BCUT2D eigenvalue weighted by atomic mass is 16.2. The van der Waals surface area contributed by atoms with E-state index in [0.29, 0.717) is 23.9 Å². The van der Waals surface area contributed by atoms with Gasteiger partial charge in [-0.15, -0.1) is 0 Å². The van der Waals surface area contributed by atoms with Crippen LogP contribution in [0.2, 0.25) is 0 Å². The smallest absolute Gasteiger partial charge is 0.256 e. The average molecular weight is 419 g/mol. The van der Waals surface area contributed by atoms with E-state index in [4.69, 9.17) is 0 Å². The third-order valence-corrected chi connectivity index (χ3v) is 6.02. The first kappa shape index (κ1) is 21.0. The minimum Gasteiger partial charge on any atom is -0.368 e. The van der Waals surface area contributed by atoms with Gasteiger partial charge in [0.1, 0.15) is 18.0 Å². The summed E-state index contributed by atoms with van der Waals surface area (Å²) in [5.41, 5.74) is 3.61. The number of carbonyl (C=O) groups excluding carboxylic acids is 1. The Bertz CT molecular complexity index is 1060. The lowest BCUT2D eigenvalue weighted by Gasteiger charge is -2.40. The summed E-state index contributed by atoms with van der Waals surface area (Å²) in [5, 5.41) is 7.87. The summed E-state index contributed by atoms with van der Waals surface area (Å²) in [6.07, 6.45) is 5.64. The Morgan fingerprint density at radius 2 is 1.94 bits per heavy atom. The van der Waals surface area contributed by atoms with Crippen LogP contribution in [0.25, 0.3) is 5.69 Å². The molecule has 3 heterocycles. The van der Waals surface area contributed by atoms with Gasteiger partial charge in [-0.25, -0.2) is 14.6 Å². The lowest BCUT2D eigenvalue weighted by Crippen LogP contribution is -2.51. The number of rotatable bonds is 5. The van der Waals surface area contributed by atoms with E-state index in [1.807, 2.05) is 62.2 Å². The van der Waals surface area contributed by atoms with Gasteiger partial charge in [-0.05, 0) is 63.3 Å². The third-order valence-electron chi connectivity index (χ3n) is 6.02. The number of aromatic nitrogens is 4. The van der Waals surface area contributed by atoms with Crippen LogP contribution in [0.15, 0.2) is 42.9 Å². The van der Waals surface area contributed by atoms with Gasteiger partial charge >= 0.3 is 0 Å². The van der Waals surface area contributed by atoms with E-state index in [9.17, 15) is 4.79 Å². The fraction of sp³-hybridized carbons (Fsp3) is 0.417. The molecule has 0 bridgehead atoms. The summed E-state index contributed by atoms with van der Waals surface area (Å²) >= 11 is 0. The lowest BCUT2D eigenvalue weighted by atomic mass is 9.89. The van der Waals surface area contributed by atoms with Gasteiger partial charge in [0.15, 0.2) is 0 Å². The molecule has 1 saturated heterocycles. The monoisotopic (exact) mass is 418 g/mol. The SMILES string of the molecule is Cc1ccc(NC[C@@H]2[C@H](C)CCCN2C(=O)c2cc(C)ccc2-n2cnc(C)n2)nc1. The predicted molar refractivity (Wildman–Crippen MR) is 122 cm³/mol. The van der Waals surface area contributed by atoms with Crippen LogP contribution in [0.4, 0.5) is 5.82 Å². The summed E-state index contributed by atoms with van der Waals surface area (Å²) in [6.45, 7) is 9.53. The van der Waals surface area contributed by atoms with Gasteiger partial charge in [0, 0.05) is 19.3 Å². The maximum absolute atomic E-state index is 13.8. The van der Waals surface area contributed by atoms with E-state index >= 15 is 0 Å². The Labute approximate surface area is 183 Å². The molecule has 1 aliphatic heterocycles. The van der Waals surface area contributed by atoms with Gasteiger partial charge in [-0.1, -0.05) is 24.6 Å². The van der Waals surface area contributed by atoms with E-state index < -0.39 is 0 Å². The van der Waals surface area contributed by atoms with E-state index in [-0.39, 0.29) is 11.9 Å². The number of carbonyl (C=O) groups is 1. The largest absolute Gasteiger partial charge is 0.368 e. The molecule has 1 amide bonds. The van der Waals surface area contributed by atoms with E-state index in [0.717, 1.165) is 42.0 Å². The second-order valence-corrected chi connectivity index (χ2v) is 8.54. The van der Waals surface area contributed by atoms with Crippen LogP contribution in [0.3, 0.4) is 0 Å². The molecular weight excluding hydrogens is 388 g/mol. The Kier molecular flexibility index (Phi) is 6.02. The van der Waals surface area contributed by atoms with Crippen molar-refractivity contribution in [1.29, 1.82) is 0 Å². The number of pyridine rings is 1. The van der Waals surface area contributed by atoms with Crippen LogP contribution in [0.5, 0.6) is 0 Å². The second kappa shape index (κ2) is 8.88. The molecule has 2 aromatic heterocycles. The number of hydrogen-bond acceptors (Lipinski definition) is 5. The number of piperidine rings is 1. The molecule has 0 aliphatic carbocycles. The van der Waals surface area contributed by atoms with Gasteiger partial charge in [-0.3, -0.25) is 4.79 Å². The number of nitrogens with one attached hydrogen (secondary N) is 1. The van der Waals surface area contributed by atoms with Crippen LogP contribution in [0, 0.1) is 26.7 Å². The number of aryl methyl sites for hydroxylation is 3. The molecular formula is C24H30N6O. The number of benzene rings is 1. The highest BCUT2D eigenvalue weighted by Gasteiger charge is 2.33. The number of hydrogen-bond donors (Lipinski definition) is 1. The summed E-state index contributed by atoms with van der Waals surface area (Å²) in [6, 6.07) is 10.0.